The first kappa shape index (κ1) is 27.3. The van der Waals surface area contributed by atoms with Crippen molar-refractivity contribution in [3.8, 4) is 17.2 Å². The zero-order chi connectivity index (χ0) is 22.3. The number of ether oxygens (including phenoxy) is 1. The molecule has 0 aliphatic carbocycles. The molecule has 0 aromatic heterocycles. The first-order valence-electron chi connectivity index (χ1n) is 8.24. The minimum Gasteiger partial charge on any atom is -0.506 e. The molecule has 2 aromatic carbocycles. The fraction of sp³-hybridized carbons (Fsp3) is 0.278. The van der Waals surface area contributed by atoms with Crippen LogP contribution in [0.25, 0.3) is 0 Å². The zero-order valence-electron chi connectivity index (χ0n) is 15.3. The summed E-state index contributed by atoms with van der Waals surface area (Å²) in [6.45, 7) is 2.46. The molecule has 2 rings (SSSR count). The second-order valence-electron chi connectivity index (χ2n) is 6.09. The third-order valence-electron chi connectivity index (χ3n) is 3.41. The van der Waals surface area contributed by atoms with E-state index in [9.17, 15) is 9.90 Å². The van der Waals surface area contributed by atoms with Crippen molar-refractivity contribution in [1.29, 1.82) is 0 Å². The Morgan fingerprint density at radius 2 is 1.48 bits per heavy atom. The van der Waals surface area contributed by atoms with E-state index < -0.39 is 12.0 Å². The van der Waals surface area contributed by atoms with Crippen molar-refractivity contribution in [2.24, 2.45) is 17.2 Å². The smallest absolute Gasteiger partial charge is 0.320 e. The van der Waals surface area contributed by atoms with Crippen LogP contribution in [0.1, 0.15) is 12.5 Å². The van der Waals surface area contributed by atoms with E-state index in [1.807, 2.05) is 19.1 Å². The molecule has 11 heteroatoms. The maximum Gasteiger partial charge on any atom is 0.320 e. The topological polar surface area (TPSA) is 145 Å². The lowest BCUT2D eigenvalue weighted by Gasteiger charge is -2.14. The van der Waals surface area contributed by atoms with E-state index in [4.69, 9.17) is 27.0 Å². The SMILES string of the molecule is CC(N)CN.N[C@H](Cc1cc(I)c(Oc2cc(I)c(O)c(I)c2)c(I)c1)C(=O)O. The Morgan fingerprint density at radius 1 is 1.03 bits per heavy atom. The molecule has 160 valence electrons. The highest BCUT2D eigenvalue weighted by Crippen LogP contribution is 2.36. The molecule has 0 saturated heterocycles. The number of phenols is 1. The van der Waals surface area contributed by atoms with Gasteiger partial charge in [-0.3, -0.25) is 4.79 Å². The summed E-state index contributed by atoms with van der Waals surface area (Å²) in [5, 5.41) is 18.8. The molecule has 2 atom stereocenters. The van der Waals surface area contributed by atoms with E-state index in [0.717, 1.165) is 12.7 Å². The highest BCUT2D eigenvalue weighted by atomic mass is 127. The van der Waals surface area contributed by atoms with Gasteiger partial charge in [0.25, 0.3) is 0 Å². The van der Waals surface area contributed by atoms with Crippen LogP contribution in [0.5, 0.6) is 17.2 Å². The molecule has 0 saturated carbocycles. The fourth-order valence-corrected chi connectivity index (χ4v) is 5.72. The van der Waals surface area contributed by atoms with Gasteiger partial charge in [0.1, 0.15) is 17.5 Å². The molecule has 2 aromatic rings. The van der Waals surface area contributed by atoms with Crippen LogP contribution in [0.2, 0.25) is 0 Å². The van der Waals surface area contributed by atoms with Crippen molar-refractivity contribution in [2.75, 3.05) is 6.54 Å². The summed E-state index contributed by atoms with van der Waals surface area (Å²) in [6, 6.07) is 6.50. The van der Waals surface area contributed by atoms with Crippen molar-refractivity contribution in [1.82, 2.24) is 0 Å². The molecule has 0 radical (unpaired) electrons. The molecule has 8 N–H and O–H groups in total. The largest absolute Gasteiger partial charge is 0.506 e. The molecule has 0 aliphatic heterocycles. The third kappa shape index (κ3) is 9.14. The molecule has 29 heavy (non-hydrogen) atoms. The average Bonchev–Trinajstić information content (AvgIpc) is 2.63. The number of benzene rings is 2. The summed E-state index contributed by atoms with van der Waals surface area (Å²) in [6.07, 6.45) is 0.261. The summed E-state index contributed by atoms with van der Waals surface area (Å²) in [5.74, 6) is 0.549. The number of halogens is 4. The minimum absolute atomic E-state index is 0.162. The van der Waals surface area contributed by atoms with E-state index in [0.29, 0.717) is 25.2 Å². The van der Waals surface area contributed by atoms with E-state index in [-0.39, 0.29) is 18.2 Å². The minimum atomic E-state index is -1.02. The van der Waals surface area contributed by atoms with Crippen LogP contribution < -0.4 is 21.9 Å². The number of rotatable bonds is 6. The van der Waals surface area contributed by atoms with Gasteiger partial charge in [-0.2, -0.15) is 0 Å². The summed E-state index contributed by atoms with van der Waals surface area (Å²) in [5.41, 5.74) is 16.7. The van der Waals surface area contributed by atoms with Gasteiger partial charge in [-0.05, 0) is 134 Å². The van der Waals surface area contributed by atoms with Crippen LogP contribution in [0.15, 0.2) is 24.3 Å². The van der Waals surface area contributed by atoms with Crippen LogP contribution in [0.4, 0.5) is 0 Å². The number of carboxylic acid groups (broad SMARTS) is 1. The number of carboxylic acids is 1. The molecular formula is C18H21I4N3O4. The van der Waals surface area contributed by atoms with Crippen LogP contribution >= 0.6 is 90.4 Å². The predicted octanol–water partition coefficient (Wildman–Crippen LogP) is 3.85. The normalized spacial score (nSPS) is 12.6. The number of hydrogen-bond acceptors (Lipinski definition) is 6. The van der Waals surface area contributed by atoms with E-state index in [2.05, 4.69) is 90.4 Å². The van der Waals surface area contributed by atoms with Gasteiger partial charge < -0.3 is 32.2 Å². The summed E-state index contributed by atoms with van der Waals surface area (Å²) < 4.78 is 9.14. The highest BCUT2D eigenvalue weighted by molar-refractivity contribution is 14.1. The van der Waals surface area contributed by atoms with Gasteiger partial charge in [-0.25, -0.2) is 0 Å². The van der Waals surface area contributed by atoms with E-state index >= 15 is 0 Å². The molecule has 0 spiro atoms. The van der Waals surface area contributed by atoms with Gasteiger partial charge >= 0.3 is 5.97 Å². The number of aliphatic carboxylic acids is 1. The van der Waals surface area contributed by atoms with Gasteiger partial charge in [0.2, 0.25) is 0 Å². The molecule has 7 nitrogen and oxygen atoms in total. The third-order valence-corrected chi connectivity index (χ3v) is 6.66. The average molecular weight is 851 g/mol. The lowest BCUT2D eigenvalue weighted by Crippen LogP contribution is -2.32. The molecule has 0 aliphatic rings. The maximum absolute atomic E-state index is 10.9. The summed E-state index contributed by atoms with van der Waals surface area (Å²) >= 11 is 8.42. The molecule has 0 heterocycles. The van der Waals surface area contributed by atoms with Crippen molar-refractivity contribution in [3.05, 3.63) is 44.1 Å². The number of nitrogens with two attached hydrogens (primary N) is 3. The van der Waals surface area contributed by atoms with Crippen LogP contribution in [0, 0.1) is 14.3 Å². The van der Waals surface area contributed by atoms with Gasteiger partial charge in [0, 0.05) is 12.6 Å². The van der Waals surface area contributed by atoms with Crippen molar-refractivity contribution >= 4 is 96.3 Å². The van der Waals surface area contributed by atoms with E-state index in [1.165, 1.54) is 0 Å². The zero-order valence-corrected chi connectivity index (χ0v) is 24.0. The van der Waals surface area contributed by atoms with Crippen molar-refractivity contribution in [2.45, 2.75) is 25.4 Å². The molecule has 0 amide bonds. The lowest BCUT2D eigenvalue weighted by atomic mass is 10.1. The van der Waals surface area contributed by atoms with Crippen molar-refractivity contribution in [3.63, 3.8) is 0 Å². The van der Waals surface area contributed by atoms with Crippen LogP contribution in [-0.4, -0.2) is 34.8 Å². The number of phenolic OH excluding ortho intramolecular Hbond substituents is 1. The second-order valence-corrected chi connectivity index (χ2v) is 10.7. The standard InChI is InChI=1S/C15H11I4NO4.C3H10N2/c16-8-4-7(5-9(17)13(8)21)24-14-10(18)1-6(2-11(14)19)3-12(20)15(22)23;1-3(5)2-4/h1-2,4-5,12,21H,3,20H2,(H,22,23);3H,2,4-5H2,1H3/t12-;/m1./s1. The number of carbonyl (C=O) groups is 1. The van der Waals surface area contributed by atoms with Crippen LogP contribution in [-0.2, 0) is 11.2 Å². The maximum atomic E-state index is 10.9. The van der Waals surface area contributed by atoms with Crippen molar-refractivity contribution < 1.29 is 19.7 Å². The molecule has 0 bridgehead atoms. The van der Waals surface area contributed by atoms with Gasteiger partial charge in [-0.15, -0.1) is 0 Å². The predicted molar refractivity (Wildman–Crippen MR) is 148 cm³/mol. The summed E-state index contributed by atoms with van der Waals surface area (Å²) in [7, 11) is 0. The van der Waals surface area contributed by atoms with Gasteiger partial charge in [-0.1, -0.05) is 0 Å². The Balaban J connectivity index is 0.000000749. The Labute approximate surface area is 224 Å². The first-order chi connectivity index (χ1) is 13.5. The molecule has 0 fully saturated rings. The van der Waals surface area contributed by atoms with Gasteiger partial charge in [0.05, 0.1) is 14.3 Å². The number of aromatic hydroxyl groups is 1. The monoisotopic (exact) mass is 851 g/mol. The quantitative estimate of drug-likeness (QED) is 0.278. The van der Waals surface area contributed by atoms with Crippen LogP contribution in [0.3, 0.4) is 0 Å². The molecule has 1 unspecified atom stereocenters. The lowest BCUT2D eigenvalue weighted by molar-refractivity contribution is -0.138. The summed E-state index contributed by atoms with van der Waals surface area (Å²) in [4.78, 5) is 10.9. The fourth-order valence-electron chi connectivity index (χ4n) is 1.89. The Bertz CT molecular complexity index is 819. The first-order valence-corrected chi connectivity index (χ1v) is 12.6. The van der Waals surface area contributed by atoms with E-state index in [1.54, 1.807) is 12.1 Å². The van der Waals surface area contributed by atoms with Gasteiger partial charge in [0.15, 0.2) is 5.75 Å². The number of hydrogen-bond donors (Lipinski definition) is 5. The highest BCUT2D eigenvalue weighted by Gasteiger charge is 2.16. The molecular weight excluding hydrogens is 830 g/mol. The Morgan fingerprint density at radius 3 is 1.86 bits per heavy atom. The Kier molecular flexibility index (Phi) is 12.3. The second kappa shape index (κ2) is 13.0. The Hall–Kier alpha value is 0.310.